The average Bonchev–Trinajstić information content (AvgIpc) is 2.82. The Morgan fingerprint density at radius 3 is 2.57 bits per heavy atom. The Bertz CT molecular complexity index is 643. The lowest BCUT2D eigenvalue weighted by atomic mass is 9.80. The zero-order valence-electron chi connectivity index (χ0n) is 12.0. The van der Waals surface area contributed by atoms with Crippen molar-refractivity contribution >= 4 is 29.0 Å². The highest BCUT2D eigenvalue weighted by molar-refractivity contribution is 6.36. The quantitative estimate of drug-likeness (QED) is 0.792. The number of halogens is 2. The summed E-state index contributed by atoms with van der Waals surface area (Å²) < 4.78 is 0. The molecule has 5 heteroatoms. The fraction of sp³-hybridized carbons (Fsp3) is 0.438. The molecule has 1 fully saturated rings. The number of hydrogen-bond donors (Lipinski definition) is 2. The number of anilines is 1. The molecule has 0 amide bonds. The minimum atomic E-state index is 0.479. The van der Waals surface area contributed by atoms with Crippen molar-refractivity contribution in [3.8, 4) is 11.1 Å². The second kappa shape index (κ2) is 5.90. The number of nitrogens with one attached hydrogen (secondary N) is 1. The van der Waals surface area contributed by atoms with Gasteiger partial charge in [-0.2, -0.15) is 5.10 Å². The first-order valence-corrected chi connectivity index (χ1v) is 8.11. The van der Waals surface area contributed by atoms with E-state index in [0.717, 1.165) is 22.7 Å². The summed E-state index contributed by atoms with van der Waals surface area (Å²) in [5, 5.41) is 8.58. The maximum Gasteiger partial charge on any atom is 0.153 e. The van der Waals surface area contributed by atoms with E-state index in [1.807, 2.05) is 12.1 Å². The summed E-state index contributed by atoms with van der Waals surface area (Å²) in [6.45, 7) is 2.31. The van der Waals surface area contributed by atoms with Gasteiger partial charge in [-0.25, -0.2) is 0 Å². The molecule has 3 N–H and O–H groups in total. The van der Waals surface area contributed by atoms with Crippen molar-refractivity contribution < 1.29 is 0 Å². The van der Waals surface area contributed by atoms with Crippen LogP contribution >= 0.6 is 23.2 Å². The van der Waals surface area contributed by atoms with Gasteiger partial charge in [0.05, 0.1) is 5.02 Å². The molecular formula is C16H19Cl2N3. The lowest BCUT2D eigenvalue weighted by molar-refractivity contribution is 0.344. The molecule has 0 saturated heterocycles. The molecule has 1 aliphatic carbocycles. The molecule has 1 aromatic carbocycles. The third-order valence-electron chi connectivity index (χ3n) is 4.45. The van der Waals surface area contributed by atoms with Gasteiger partial charge in [0.1, 0.15) is 0 Å². The maximum atomic E-state index is 6.35. The molecule has 1 heterocycles. The summed E-state index contributed by atoms with van der Waals surface area (Å²) >= 11 is 12.3. The Morgan fingerprint density at radius 1 is 1.19 bits per heavy atom. The number of aromatic amines is 1. The second-order valence-electron chi connectivity index (χ2n) is 5.98. The molecular weight excluding hydrogens is 305 g/mol. The Balaban J connectivity index is 2.01. The van der Waals surface area contributed by atoms with Crippen LogP contribution in [0.15, 0.2) is 18.2 Å². The molecule has 0 atom stereocenters. The minimum absolute atomic E-state index is 0.479. The van der Waals surface area contributed by atoms with Gasteiger partial charge in [-0.1, -0.05) is 49.0 Å². The molecule has 3 rings (SSSR count). The van der Waals surface area contributed by atoms with Gasteiger partial charge >= 0.3 is 0 Å². The van der Waals surface area contributed by atoms with E-state index in [9.17, 15) is 0 Å². The van der Waals surface area contributed by atoms with E-state index in [4.69, 9.17) is 28.9 Å². The Labute approximate surface area is 134 Å². The van der Waals surface area contributed by atoms with Gasteiger partial charge in [-0.15, -0.1) is 0 Å². The summed E-state index contributed by atoms with van der Waals surface area (Å²) in [7, 11) is 0. The first-order valence-electron chi connectivity index (χ1n) is 7.35. The number of H-pyrrole nitrogens is 1. The van der Waals surface area contributed by atoms with Gasteiger partial charge in [0, 0.05) is 27.8 Å². The molecule has 0 bridgehead atoms. The number of aromatic nitrogens is 2. The maximum absolute atomic E-state index is 6.35. The number of hydrogen-bond acceptors (Lipinski definition) is 2. The summed E-state index contributed by atoms with van der Waals surface area (Å²) in [6, 6.07) is 5.50. The van der Waals surface area contributed by atoms with Crippen LogP contribution in [0.3, 0.4) is 0 Å². The standard InChI is InChI=1S/C16H19Cl2N3/c1-9-2-4-10(5-3-9)15-14(16(19)21-20-15)12-7-6-11(17)8-13(12)18/h6-10H,2-5H2,1H3,(H3,19,20,21). The number of rotatable bonds is 2. The second-order valence-corrected chi connectivity index (χ2v) is 6.82. The number of benzene rings is 1. The van der Waals surface area contributed by atoms with Crippen molar-refractivity contribution in [2.45, 2.75) is 38.5 Å². The van der Waals surface area contributed by atoms with Crippen LogP contribution in [0.4, 0.5) is 5.82 Å². The molecule has 0 unspecified atom stereocenters. The third kappa shape index (κ3) is 2.90. The zero-order chi connectivity index (χ0) is 15.0. The molecule has 0 spiro atoms. The van der Waals surface area contributed by atoms with Crippen LogP contribution in [-0.4, -0.2) is 10.2 Å². The Hall–Kier alpha value is -1.19. The predicted octanol–water partition coefficient (Wildman–Crippen LogP) is 5.26. The fourth-order valence-corrected chi connectivity index (χ4v) is 3.69. The highest BCUT2D eigenvalue weighted by Gasteiger charge is 2.26. The van der Waals surface area contributed by atoms with Gasteiger partial charge < -0.3 is 5.73 Å². The molecule has 3 nitrogen and oxygen atoms in total. The van der Waals surface area contributed by atoms with Crippen LogP contribution in [0.1, 0.15) is 44.2 Å². The summed E-state index contributed by atoms with van der Waals surface area (Å²) in [4.78, 5) is 0. The van der Waals surface area contributed by atoms with Crippen molar-refractivity contribution in [1.29, 1.82) is 0 Å². The molecule has 0 radical (unpaired) electrons. The van der Waals surface area contributed by atoms with Crippen LogP contribution in [0, 0.1) is 5.92 Å². The van der Waals surface area contributed by atoms with Crippen molar-refractivity contribution in [3.05, 3.63) is 33.9 Å². The topological polar surface area (TPSA) is 54.7 Å². The van der Waals surface area contributed by atoms with Crippen LogP contribution in [0.25, 0.3) is 11.1 Å². The summed E-state index contributed by atoms with van der Waals surface area (Å²) in [5.41, 5.74) is 9.04. The van der Waals surface area contributed by atoms with Gasteiger partial charge in [0.2, 0.25) is 0 Å². The van der Waals surface area contributed by atoms with Crippen LogP contribution in [-0.2, 0) is 0 Å². The number of nitrogens with zero attached hydrogens (tertiary/aromatic N) is 1. The smallest absolute Gasteiger partial charge is 0.153 e. The largest absolute Gasteiger partial charge is 0.382 e. The summed E-state index contributed by atoms with van der Waals surface area (Å²) in [5.74, 6) is 1.80. The highest BCUT2D eigenvalue weighted by atomic mass is 35.5. The lowest BCUT2D eigenvalue weighted by Gasteiger charge is -2.26. The van der Waals surface area contributed by atoms with E-state index in [0.29, 0.717) is 21.8 Å². The molecule has 112 valence electrons. The Morgan fingerprint density at radius 2 is 1.90 bits per heavy atom. The molecule has 2 aromatic rings. The van der Waals surface area contributed by atoms with Crippen molar-refractivity contribution in [1.82, 2.24) is 10.2 Å². The average molecular weight is 324 g/mol. The molecule has 1 aliphatic rings. The van der Waals surface area contributed by atoms with E-state index >= 15 is 0 Å². The van der Waals surface area contributed by atoms with E-state index in [1.165, 1.54) is 25.7 Å². The molecule has 1 aromatic heterocycles. The first kappa shape index (κ1) is 14.7. The first-order chi connectivity index (χ1) is 10.1. The van der Waals surface area contributed by atoms with Gasteiger partial charge in [-0.05, 0) is 30.9 Å². The van der Waals surface area contributed by atoms with Gasteiger partial charge in [0.25, 0.3) is 0 Å². The van der Waals surface area contributed by atoms with Crippen LogP contribution in [0.5, 0.6) is 0 Å². The zero-order valence-corrected chi connectivity index (χ0v) is 13.5. The predicted molar refractivity (Wildman–Crippen MR) is 88.8 cm³/mol. The Kier molecular flexibility index (Phi) is 4.14. The third-order valence-corrected chi connectivity index (χ3v) is 4.99. The van der Waals surface area contributed by atoms with Crippen molar-refractivity contribution in [2.24, 2.45) is 5.92 Å². The summed E-state index contributed by atoms with van der Waals surface area (Å²) in [6.07, 6.45) is 4.83. The monoisotopic (exact) mass is 323 g/mol. The van der Waals surface area contributed by atoms with Crippen molar-refractivity contribution in [3.63, 3.8) is 0 Å². The number of nitrogen functional groups attached to an aromatic ring is 1. The van der Waals surface area contributed by atoms with E-state index in [-0.39, 0.29) is 0 Å². The van der Waals surface area contributed by atoms with Crippen LogP contribution < -0.4 is 5.73 Å². The van der Waals surface area contributed by atoms with Gasteiger partial charge in [-0.3, -0.25) is 5.10 Å². The highest BCUT2D eigenvalue weighted by Crippen LogP contribution is 2.42. The fourth-order valence-electron chi connectivity index (χ4n) is 3.19. The normalized spacial score (nSPS) is 22.4. The lowest BCUT2D eigenvalue weighted by Crippen LogP contribution is -2.12. The van der Waals surface area contributed by atoms with Crippen LogP contribution in [0.2, 0.25) is 10.0 Å². The minimum Gasteiger partial charge on any atom is -0.382 e. The van der Waals surface area contributed by atoms with E-state index in [2.05, 4.69) is 17.1 Å². The number of nitrogens with two attached hydrogens (primary N) is 1. The molecule has 1 saturated carbocycles. The van der Waals surface area contributed by atoms with E-state index < -0.39 is 0 Å². The van der Waals surface area contributed by atoms with E-state index in [1.54, 1.807) is 6.07 Å². The molecule has 21 heavy (non-hydrogen) atoms. The molecule has 0 aliphatic heterocycles. The SMILES string of the molecule is CC1CCC(c2[nH]nc(N)c2-c2ccc(Cl)cc2Cl)CC1. The van der Waals surface area contributed by atoms with Gasteiger partial charge in [0.15, 0.2) is 5.82 Å². The van der Waals surface area contributed by atoms with Crippen molar-refractivity contribution in [2.75, 3.05) is 5.73 Å².